The summed E-state index contributed by atoms with van der Waals surface area (Å²) in [5, 5.41) is 19.8. The van der Waals surface area contributed by atoms with E-state index < -0.39 is 5.60 Å². The van der Waals surface area contributed by atoms with Gasteiger partial charge in [-0.15, -0.1) is 0 Å². The van der Waals surface area contributed by atoms with Gasteiger partial charge in [-0.1, -0.05) is 5.87 Å². The standard InChI is InChI=1S/C20H30N4O3S.C4H10O/c1-28(2)10-9-27-14-23-13-17(16-3-6-24(25)12-16)19-20(23)21-11-18(22-19)15-4-7-26-8-5-15;1-4(2,3)5/h11,13,15-16,25H,1,3-10,12,14H2,2H3;5H,1-3H3. The van der Waals surface area contributed by atoms with Crippen molar-refractivity contribution in [3.8, 4) is 0 Å². The lowest BCUT2D eigenvalue weighted by atomic mass is 9.96. The van der Waals surface area contributed by atoms with Crippen LogP contribution in [0.5, 0.6) is 0 Å². The van der Waals surface area contributed by atoms with E-state index in [2.05, 4.69) is 22.9 Å². The van der Waals surface area contributed by atoms with Crippen LogP contribution in [0.4, 0.5) is 0 Å². The molecule has 0 aliphatic carbocycles. The Bertz CT molecular complexity index is 915. The maximum Gasteiger partial charge on any atom is 0.160 e. The third-order valence-electron chi connectivity index (χ3n) is 5.66. The second kappa shape index (κ2) is 11.9. The predicted molar refractivity (Wildman–Crippen MR) is 134 cm³/mol. The minimum Gasteiger partial charge on any atom is -0.391 e. The smallest absolute Gasteiger partial charge is 0.160 e. The van der Waals surface area contributed by atoms with Crippen LogP contribution in [0.3, 0.4) is 0 Å². The van der Waals surface area contributed by atoms with Gasteiger partial charge in [-0.05, 0) is 46.3 Å². The van der Waals surface area contributed by atoms with Crippen molar-refractivity contribution in [2.75, 3.05) is 44.9 Å². The first-order chi connectivity index (χ1) is 15.6. The molecule has 0 radical (unpaired) electrons. The van der Waals surface area contributed by atoms with Crippen molar-refractivity contribution < 1.29 is 19.8 Å². The molecule has 4 rings (SSSR count). The Kier molecular flexibility index (Phi) is 9.43. The van der Waals surface area contributed by atoms with E-state index in [0.717, 1.165) is 55.1 Å². The van der Waals surface area contributed by atoms with Crippen molar-refractivity contribution in [1.82, 2.24) is 19.6 Å². The molecule has 186 valence electrons. The summed E-state index contributed by atoms with van der Waals surface area (Å²) in [6, 6.07) is 0. The number of rotatable bonds is 7. The first-order valence-corrected chi connectivity index (χ1v) is 13.7. The van der Waals surface area contributed by atoms with Crippen LogP contribution in [0, 0.1) is 0 Å². The Hall–Kier alpha value is -1.36. The van der Waals surface area contributed by atoms with Crippen molar-refractivity contribution in [1.29, 1.82) is 0 Å². The van der Waals surface area contributed by atoms with Crippen LogP contribution in [0.15, 0.2) is 12.4 Å². The van der Waals surface area contributed by atoms with Crippen LogP contribution in [-0.4, -0.2) is 86.3 Å². The summed E-state index contributed by atoms with van der Waals surface area (Å²) in [7, 11) is 0.137. The summed E-state index contributed by atoms with van der Waals surface area (Å²) in [6.07, 6.45) is 9.09. The van der Waals surface area contributed by atoms with Crippen LogP contribution >= 0.6 is 10.5 Å². The van der Waals surface area contributed by atoms with E-state index in [-0.39, 0.29) is 16.4 Å². The van der Waals surface area contributed by atoms with Crippen molar-refractivity contribution in [2.24, 2.45) is 0 Å². The van der Waals surface area contributed by atoms with Crippen LogP contribution in [0.25, 0.3) is 11.2 Å². The van der Waals surface area contributed by atoms with Crippen LogP contribution in [0.1, 0.15) is 63.1 Å². The predicted octanol–water partition coefficient (Wildman–Crippen LogP) is 3.59. The molecule has 0 amide bonds. The second-order valence-corrected chi connectivity index (χ2v) is 12.0. The zero-order chi connectivity index (χ0) is 24.0. The maximum atomic E-state index is 9.87. The highest BCUT2D eigenvalue weighted by molar-refractivity contribution is 8.13. The highest BCUT2D eigenvalue weighted by Crippen LogP contribution is 2.33. The number of ether oxygens (including phenoxy) is 2. The highest BCUT2D eigenvalue weighted by Gasteiger charge is 2.28. The molecule has 0 aromatic carbocycles. The molecule has 33 heavy (non-hydrogen) atoms. The summed E-state index contributed by atoms with van der Waals surface area (Å²) in [6.45, 7) is 9.31. The van der Waals surface area contributed by atoms with E-state index in [1.165, 1.54) is 10.6 Å². The molecule has 2 unspecified atom stereocenters. The number of fused-ring (bicyclic) bond motifs is 1. The first kappa shape index (κ1) is 26.2. The first-order valence-electron chi connectivity index (χ1n) is 11.7. The van der Waals surface area contributed by atoms with Crippen LogP contribution in [0.2, 0.25) is 0 Å². The SMILES string of the molecule is C=S(C)CCOCn1cc(C2CCN(O)C2)c2nc(C3CCOCC3)cnc21.CC(C)(C)O. The lowest BCUT2D eigenvalue weighted by molar-refractivity contribution is -0.0691. The quantitative estimate of drug-likeness (QED) is 0.462. The van der Waals surface area contributed by atoms with Gasteiger partial charge in [0.15, 0.2) is 5.65 Å². The minimum absolute atomic E-state index is 0.137. The van der Waals surface area contributed by atoms with Gasteiger partial charge < -0.3 is 24.4 Å². The molecule has 2 aliphatic heterocycles. The second-order valence-electron chi connectivity index (χ2n) is 10.00. The highest BCUT2D eigenvalue weighted by atomic mass is 32.2. The molecule has 9 heteroatoms. The summed E-state index contributed by atoms with van der Waals surface area (Å²) >= 11 is 0. The molecule has 0 bridgehead atoms. The van der Waals surface area contributed by atoms with E-state index in [1.54, 1.807) is 20.8 Å². The largest absolute Gasteiger partial charge is 0.391 e. The average Bonchev–Trinajstić information content (AvgIpc) is 3.33. The Morgan fingerprint density at radius 3 is 2.55 bits per heavy atom. The Morgan fingerprint density at radius 2 is 1.94 bits per heavy atom. The average molecular weight is 481 g/mol. The monoisotopic (exact) mass is 480 g/mol. The normalized spacial score (nSPS) is 21.2. The number of nitrogens with zero attached hydrogens (tertiary/aromatic N) is 4. The Labute approximate surface area is 199 Å². The third-order valence-corrected chi connectivity index (χ3v) is 6.53. The number of aliphatic hydroxyl groups is 1. The van der Waals surface area contributed by atoms with Crippen LogP contribution < -0.4 is 0 Å². The molecule has 2 aromatic heterocycles. The number of hydrogen-bond donors (Lipinski definition) is 2. The molecule has 2 saturated heterocycles. The molecule has 8 nitrogen and oxygen atoms in total. The third kappa shape index (κ3) is 8.12. The number of aromatic nitrogens is 3. The molecule has 2 atom stereocenters. The zero-order valence-electron chi connectivity index (χ0n) is 20.5. The summed E-state index contributed by atoms with van der Waals surface area (Å²) in [5.74, 6) is 5.68. The fourth-order valence-electron chi connectivity index (χ4n) is 4.04. The van der Waals surface area contributed by atoms with Crippen molar-refractivity contribution >= 4 is 27.5 Å². The minimum atomic E-state index is -0.500. The van der Waals surface area contributed by atoms with Gasteiger partial charge in [0.2, 0.25) is 0 Å². The molecule has 0 spiro atoms. The van der Waals surface area contributed by atoms with Crippen molar-refractivity contribution in [3.05, 3.63) is 23.7 Å². The molecular formula is C24H40N4O4S. The molecule has 0 saturated carbocycles. The van der Waals surface area contributed by atoms with E-state index >= 15 is 0 Å². The van der Waals surface area contributed by atoms with Gasteiger partial charge in [0.1, 0.15) is 12.2 Å². The van der Waals surface area contributed by atoms with E-state index in [0.29, 0.717) is 32.3 Å². The lowest BCUT2D eigenvalue weighted by Crippen LogP contribution is -2.16. The topological polar surface area (TPSA) is 92.9 Å². The van der Waals surface area contributed by atoms with Crippen molar-refractivity contribution in [3.63, 3.8) is 0 Å². The van der Waals surface area contributed by atoms with E-state index in [1.807, 2.05) is 6.20 Å². The Morgan fingerprint density at radius 1 is 1.24 bits per heavy atom. The summed E-state index contributed by atoms with van der Waals surface area (Å²) in [4.78, 5) is 9.82. The van der Waals surface area contributed by atoms with Gasteiger partial charge in [0.05, 0.1) is 24.1 Å². The van der Waals surface area contributed by atoms with E-state index in [9.17, 15) is 5.21 Å². The lowest BCUT2D eigenvalue weighted by Gasteiger charge is -2.21. The molecule has 4 heterocycles. The van der Waals surface area contributed by atoms with E-state index in [4.69, 9.17) is 24.5 Å². The Balaban J connectivity index is 0.000000555. The van der Waals surface area contributed by atoms with Gasteiger partial charge in [-0.3, -0.25) is 0 Å². The number of hydroxylamine groups is 2. The van der Waals surface area contributed by atoms with Gasteiger partial charge in [-0.25, -0.2) is 9.97 Å². The summed E-state index contributed by atoms with van der Waals surface area (Å²) in [5.41, 5.74) is 3.55. The fraction of sp³-hybridized carbons (Fsp3) is 0.708. The molecule has 2 N–H and O–H groups in total. The zero-order valence-corrected chi connectivity index (χ0v) is 21.3. The maximum absolute atomic E-state index is 9.87. The van der Waals surface area contributed by atoms with Crippen molar-refractivity contribution in [2.45, 2.75) is 64.2 Å². The summed E-state index contributed by atoms with van der Waals surface area (Å²) < 4.78 is 13.4. The van der Waals surface area contributed by atoms with Gasteiger partial charge in [0, 0.05) is 55.7 Å². The fourth-order valence-corrected chi connectivity index (χ4v) is 4.44. The molecule has 2 aromatic rings. The number of hydrogen-bond acceptors (Lipinski definition) is 7. The molecule has 2 aliphatic rings. The molecular weight excluding hydrogens is 440 g/mol. The van der Waals surface area contributed by atoms with Crippen LogP contribution in [-0.2, 0) is 16.2 Å². The van der Waals surface area contributed by atoms with Gasteiger partial charge in [-0.2, -0.15) is 15.5 Å². The van der Waals surface area contributed by atoms with Gasteiger partial charge in [0.25, 0.3) is 0 Å². The molecule has 2 fully saturated rings. The van der Waals surface area contributed by atoms with Gasteiger partial charge >= 0.3 is 0 Å².